The van der Waals surface area contributed by atoms with E-state index >= 15 is 0 Å². The van der Waals surface area contributed by atoms with E-state index in [0.717, 1.165) is 22.9 Å². The number of benzene rings is 2. The summed E-state index contributed by atoms with van der Waals surface area (Å²) in [5, 5.41) is 5.69. The Hall–Kier alpha value is -2.05. The monoisotopic (exact) mass is 384 g/mol. The largest absolute Gasteiger partial charge is 0.417 e. The summed E-state index contributed by atoms with van der Waals surface area (Å²) in [6.45, 7) is 4.57. The first-order valence-corrected chi connectivity index (χ1v) is 8.48. The van der Waals surface area contributed by atoms with E-state index in [1.165, 1.54) is 19.1 Å². The molecule has 0 saturated carbocycles. The molecule has 0 aromatic heterocycles. The van der Waals surface area contributed by atoms with E-state index < -0.39 is 11.7 Å². The van der Waals surface area contributed by atoms with Gasteiger partial charge in [0.2, 0.25) is 5.91 Å². The van der Waals surface area contributed by atoms with Crippen LogP contribution in [0.25, 0.3) is 0 Å². The maximum absolute atomic E-state index is 12.8. The Kier molecular flexibility index (Phi) is 6.67. The van der Waals surface area contributed by atoms with Gasteiger partial charge in [0, 0.05) is 25.7 Å². The van der Waals surface area contributed by atoms with Crippen molar-refractivity contribution < 1.29 is 18.0 Å². The third kappa shape index (κ3) is 5.75. The molecule has 7 heteroatoms. The zero-order valence-electron chi connectivity index (χ0n) is 14.5. The van der Waals surface area contributed by atoms with Crippen LogP contribution < -0.4 is 10.6 Å². The zero-order chi connectivity index (χ0) is 19.3. The Morgan fingerprint density at radius 3 is 2.35 bits per heavy atom. The number of halogens is 4. The van der Waals surface area contributed by atoms with E-state index in [9.17, 15) is 18.0 Å². The second-order valence-corrected chi connectivity index (χ2v) is 6.55. The van der Waals surface area contributed by atoms with Crippen LogP contribution >= 0.6 is 11.6 Å². The number of anilines is 1. The predicted octanol–water partition coefficient (Wildman–Crippen LogP) is 5.21. The van der Waals surface area contributed by atoms with Crippen molar-refractivity contribution in [3.05, 3.63) is 64.2 Å². The van der Waals surface area contributed by atoms with Crippen molar-refractivity contribution >= 4 is 23.2 Å². The average Bonchev–Trinajstić information content (AvgIpc) is 2.54. The number of nitrogens with one attached hydrogen (secondary N) is 2. The highest BCUT2D eigenvalue weighted by Gasteiger charge is 2.33. The SMILES string of the molecule is CC(=O)Nc1ccc(CNCC(C)c2ccc(C(F)(F)F)c(Cl)c2)cc1. The maximum atomic E-state index is 12.8. The first kappa shape index (κ1) is 20.3. The molecule has 2 aromatic carbocycles. The number of carbonyl (C=O) groups excluding carboxylic acids is 1. The molecule has 140 valence electrons. The molecule has 0 aliphatic rings. The van der Waals surface area contributed by atoms with Crippen molar-refractivity contribution in [1.82, 2.24) is 5.32 Å². The van der Waals surface area contributed by atoms with Gasteiger partial charge < -0.3 is 10.6 Å². The Labute approximate surface area is 155 Å². The third-order valence-electron chi connectivity index (χ3n) is 3.92. The summed E-state index contributed by atoms with van der Waals surface area (Å²) < 4.78 is 38.3. The first-order valence-electron chi connectivity index (χ1n) is 8.10. The van der Waals surface area contributed by atoms with E-state index in [0.29, 0.717) is 13.1 Å². The lowest BCUT2D eigenvalue weighted by Gasteiger charge is -2.16. The van der Waals surface area contributed by atoms with Crippen molar-refractivity contribution in [3.8, 4) is 0 Å². The molecular weight excluding hydrogens is 365 g/mol. The molecule has 1 unspecified atom stereocenters. The molecule has 2 aromatic rings. The molecule has 0 radical (unpaired) electrons. The quantitative estimate of drug-likeness (QED) is 0.717. The van der Waals surface area contributed by atoms with Gasteiger partial charge in [0.05, 0.1) is 10.6 Å². The molecule has 0 saturated heterocycles. The lowest BCUT2D eigenvalue weighted by atomic mass is 9.99. The molecule has 1 amide bonds. The maximum Gasteiger partial charge on any atom is 0.417 e. The van der Waals surface area contributed by atoms with Crippen LogP contribution in [0.2, 0.25) is 5.02 Å². The number of rotatable bonds is 6. The van der Waals surface area contributed by atoms with Crippen molar-refractivity contribution in [2.75, 3.05) is 11.9 Å². The summed E-state index contributed by atoms with van der Waals surface area (Å²) in [7, 11) is 0. The van der Waals surface area contributed by atoms with Crippen LogP contribution in [0.5, 0.6) is 0 Å². The van der Waals surface area contributed by atoms with Crippen LogP contribution in [-0.2, 0) is 17.5 Å². The molecular formula is C19H20ClF3N2O. The van der Waals surface area contributed by atoms with Gasteiger partial charge in [-0.2, -0.15) is 13.2 Å². The topological polar surface area (TPSA) is 41.1 Å². The number of amides is 1. The molecule has 0 heterocycles. The lowest BCUT2D eigenvalue weighted by molar-refractivity contribution is -0.137. The Bertz CT molecular complexity index is 760. The third-order valence-corrected chi connectivity index (χ3v) is 4.23. The molecule has 1 atom stereocenters. The van der Waals surface area contributed by atoms with Crippen LogP contribution in [0, 0.1) is 0 Å². The van der Waals surface area contributed by atoms with E-state index in [1.807, 2.05) is 31.2 Å². The molecule has 0 spiro atoms. The van der Waals surface area contributed by atoms with E-state index in [4.69, 9.17) is 11.6 Å². The van der Waals surface area contributed by atoms with Gasteiger partial charge in [0.1, 0.15) is 0 Å². The van der Waals surface area contributed by atoms with Crippen molar-refractivity contribution in [2.24, 2.45) is 0 Å². The standard InChI is InChI=1S/C19H20ClF3N2O/c1-12(15-5-8-17(18(20)9-15)19(21,22)23)10-24-11-14-3-6-16(7-4-14)25-13(2)26/h3-9,12,24H,10-11H2,1-2H3,(H,25,26). The molecule has 2 N–H and O–H groups in total. The van der Waals surface area contributed by atoms with Crippen molar-refractivity contribution in [1.29, 1.82) is 0 Å². The molecule has 0 fully saturated rings. The Morgan fingerprint density at radius 1 is 1.15 bits per heavy atom. The first-order chi connectivity index (χ1) is 12.2. The van der Waals surface area contributed by atoms with Crippen LogP contribution in [0.4, 0.5) is 18.9 Å². The van der Waals surface area contributed by atoms with Crippen molar-refractivity contribution in [3.63, 3.8) is 0 Å². The normalized spacial score (nSPS) is 12.7. The molecule has 26 heavy (non-hydrogen) atoms. The molecule has 3 nitrogen and oxygen atoms in total. The predicted molar refractivity (Wildman–Crippen MR) is 97.3 cm³/mol. The van der Waals surface area contributed by atoms with E-state index in [-0.39, 0.29) is 16.8 Å². The van der Waals surface area contributed by atoms with Gasteiger partial charge in [-0.05, 0) is 41.3 Å². The van der Waals surface area contributed by atoms with Crippen LogP contribution in [0.3, 0.4) is 0 Å². The minimum Gasteiger partial charge on any atom is -0.326 e. The highest BCUT2D eigenvalue weighted by molar-refractivity contribution is 6.31. The van der Waals surface area contributed by atoms with Crippen molar-refractivity contribution in [2.45, 2.75) is 32.5 Å². The van der Waals surface area contributed by atoms with Crippen LogP contribution in [-0.4, -0.2) is 12.5 Å². The van der Waals surface area contributed by atoms with E-state index in [1.54, 1.807) is 0 Å². The van der Waals surface area contributed by atoms with Gasteiger partial charge in [0.15, 0.2) is 0 Å². The summed E-state index contributed by atoms with van der Waals surface area (Å²) in [5.41, 5.74) is 1.70. The molecule has 0 bridgehead atoms. The fourth-order valence-electron chi connectivity index (χ4n) is 2.53. The lowest BCUT2D eigenvalue weighted by Crippen LogP contribution is -2.20. The minimum atomic E-state index is -4.44. The number of carbonyl (C=O) groups is 1. The fraction of sp³-hybridized carbons (Fsp3) is 0.316. The van der Waals surface area contributed by atoms with Crippen LogP contribution in [0.15, 0.2) is 42.5 Å². The summed E-state index contributed by atoms with van der Waals surface area (Å²) in [5.74, 6) is -0.117. The van der Waals surface area contributed by atoms with Gasteiger partial charge in [0.25, 0.3) is 0 Å². The fourth-order valence-corrected chi connectivity index (χ4v) is 2.82. The highest BCUT2D eigenvalue weighted by atomic mass is 35.5. The highest BCUT2D eigenvalue weighted by Crippen LogP contribution is 2.35. The minimum absolute atomic E-state index is 0.00781. The molecule has 0 aliphatic heterocycles. The summed E-state index contributed by atoms with van der Waals surface area (Å²) in [6, 6.07) is 11.3. The molecule has 0 aliphatic carbocycles. The van der Waals surface area contributed by atoms with E-state index in [2.05, 4.69) is 10.6 Å². The van der Waals surface area contributed by atoms with Gasteiger partial charge >= 0.3 is 6.18 Å². The summed E-state index contributed by atoms with van der Waals surface area (Å²) in [6.07, 6.45) is -4.44. The van der Waals surface area contributed by atoms with Gasteiger partial charge in [-0.1, -0.05) is 36.7 Å². The van der Waals surface area contributed by atoms with Gasteiger partial charge in [-0.15, -0.1) is 0 Å². The van der Waals surface area contributed by atoms with Gasteiger partial charge in [-0.25, -0.2) is 0 Å². The average molecular weight is 385 g/mol. The second-order valence-electron chi connectivity index (χ2n) is 6.15. The second kappa shape index (κ2) is 8.56. The van der Waals surface area contributed by atoms with Gasteiger partial charge in [-0.3, -0.25) is 4.79 Å². The smallest absolute Gasteiger partial charge is 0.326 e. The number of alkyl halides is 3. The molecule has 2 rings (SSSR count). The Balaban J connectivity index is 1.89. The summed E-state index contributed by atoms with van der Waals surface area (Å²) >= 11 is 5.77. The van der Waals surface area contributed by atoms with Crippen LogP contribution in [0.1, 0.15) is 36.5 Å². The summed E-state index contributed by atoms with van der Waals surface area (Å²) in [4.78, 5) is 11.0. The zero-order valence-corrected chi connectivity index (χ0v) is 15.2. The Morgan fingerprint density at radius 2 is 1.81 bits per heavy atom. The number of hydrogen-bond acceptors (Lipinski definition) is 2. The number of hydrogen-bond donors (Lipinski definition) is 2.